The quantitative estimate of drug-likeness (QED) is 0.315. The number of benzene rings is 2. The largest absolute Gasteiger partial charge is 0.341 e. The fourth-order valence-electron chi connectivity index (χ4n) is 3.14. The Bertz CT molecular complexity index is 1300. The molecule has 2 aromatic carbocycles. The SMILES string of the molecule is Cc1ccc(-n2c(SCC(=O)N(C)Cc3ccsc3)nc3ccccc3c2=O)cc1F. The van der Waals surface area contributed by atoms with E-state index in [-0.39, 0.29) is 17.2 Å². The maximum Gasteiger partial charge on any atom is 0.266 e. The second-order valence-corrected chi connectivity index (χ2v) is 8.88. The van der Waals surface area contributed by atoms with E-state index in [4.69, 9.17) is 0 Å². The van der Waals surface area contributed by atoms with Crippen molar-refractivity contribution < 1.29 is 9.18 Å². The standard InChI is InChI=1S/C23H20FN3O2S2/c1-15-7-8-17(11-19(15)24)27-22(29)18-5-3-4-6-20(18)25-23(27)31-14-21(28)26(2)12-16-9-10-30-13-16/h3-11,13H,12,14H2,1-2H3. The van der Waals surface area contributed by atoms with Crippen LogP contribution in [0.3, 0.4) is 0 Å². The van der Waals surface area contributed by atoms with Gasteiger partial charge in [0.25, 0.3) is 5.56 Å². The van der Waals surface area contributed by atoms with Crippen LogP contribution in [-0.2, 0) is 11.3 Å². The van der Waals surface area contributed by atoms with E-state index >= 15 is 0 Å². The van der Waals surface area contributed by atoms with Crippen molar-refractivity contribution in [1.29, 1.82) is 0 Å². The first-order valence-electron chi connectivity index (χ1n) is 9.60. The normalized spacial score (nSPS) is 11.1. The van der Waals surface area contributed by atoms with Crippen LogP contribution in [0.15, 0.2) is 69.2 Å². The monoisotopic (exact) mass is 453 g/mol. The topological polar surface area (TPSA) is 55.2 Å². The predicted octanol–water partition coefficient (Wildman–Crippen LogP) is 4.65. The van der Waals surface area contributed by atoms with Gasteiger partial charge in [-0.25, -0.2) is 9.37 Å². The fourth-order valence-corrected chi connectivity index (χ4v) is 4.75. The molecule has 0 spiro atoms. The number of hydrogen-bond donors (Lipinski definition) is 0. The number of fused-ring (bicyclic) bond motifs is 1. The predicted molar refractivity (Wildman–Crippen MR) is 124 cm³/mol. The molecule has 0 N–H and O–H groups in total. The number of amides is 1. The fraction of sp³-hybridized carbons (Fsp3) is 0.174. The summed E-state index contributed by atoms with van der Waals surface area (Å²) in [6.45, 7) is 2.18. The van der Waals surface area contributed by atoms with Crippen LogP contribution in [0, 0.1) is 12.7 Å². The van der Waals surface area contributed by atoms with Crippen LogP contribution in [0.5, 0.6) is 0 Å². The summed E-state index contributed by atoms with van der Waals surface area (Å²) in [6.07, 6.45) is 0. The number of aromatic nitrogens is 2. The van der Waals surface area contributed by atoms with Crippen LogP contribution in [0.2, 0.25) is 0 Å². The molecule has 0 saturated heterocycles. The third-order valence-corrected chi connectivity index (χ3v) is 6.56. The molecule has 0 aliphatic heterocycles. The van der Waals surface area contributed by atoms with Crippen LogP contribution in [0.1, 0.15) is 11.1 Å². The van der Waals surface area contributed by atoms with Crippen LogP contribution in [0.25, 0.3) is 16.6 Å². The van der Waals surface area contributed by atoms with Crippen LogP contribution in [-0.4, -0.2) is 33.2 Å². The van der Waals surface area contributed by atoms with Crippen molar-refractivity contribution in [3.63, 3.8) is 0 Å². The van der Waals surface area contributed by atoms with Crippen LogP contribution < -0.4 is 5.56 Å². The highest BCUT2D eigenvalue weighted by Crippen LogP contribution is 2.23. The molecule has 0 saturated carbocycles. The van der Waals surface area contributed by atoms with Gasteiger partial charge in [0.05, 0.1) is 22.3 Å². The molecule has 0 radical (unpaired) electrons. The maximum absolute atomic E-state index is 14.2. The molecule has 158 valence electrons. The van der Waals surface area contributed by atoms with Gasteiger partial charge in [0.15, 0.2) is 5.16 Å². The Morgan fingerprint density at radius 2 is 2.03 bits per heavy atom. The van der Waals surface area contributed by atoms with E-state index in [0.717, 1.165) is 5.56 Å². The Hall–Kier alpha value is -2.97. The van der Waals surface area contributed by atoms with Gasteiger partial charge in [0, 0.05) is 13.6 Å². The van der Waals surface area contributed by atoms with Gasteiger partial charge in [-0.2, -0.15) is 11.3 Å². The molecule has 1 amide bonds. The highest BCUT2D eigenvalue weighted by Gasteiger charge is 2.17. The number of halogens is 1. The molecule has 0 fully saturated rings. The number of thioether (sulfide) groups is 1. The van der Waals surface area contributed by atoms with Gasteiger partial charge < -0.3 is 4.90 Å². The summed E-state index contributed by atoms with van der Waals surface area (Å²) in [5.74, 6) is -0.375. The average molecular weight is 454 g/mol. The van der Waals surface area contributed by atoms with Crippen molar-refractivity contribution in [2.24, 2.45) is 0 Å². The number of aryl methyl sites for hydroxylation is 1. The summed E-state index contributed by atoms with van der Waals surface area (Å²) in [4.78, 5) is 32.1. The number of para-hydroxylation sites is 1. The van der Waals surface area contributed by atoms with Gasteiger partial charge in [0.2, 0.25) is 5.91 Å². The Labute approximate surface area is 187 Å². The van der Waals surface area contributed by atoms with E-state index in [1.54, 1.807) is 66.6 Å². The van der Waals surface area contributed by atoms with Gasteiger partial charge >= 0.3 is 0 Å². The van der Waals surface area contributed by atoms with Crippen molar-refractivity contribution in [3.8, 4) is 5.69 Å². The zero-order valence-corrected chi connectivity index (χ0v) is 18.7. The van der Waals surface area contributed by atoms with Crippen molar-refractivity contribution in [2.75, 3.05) is 12.8 Å². The van der Waals surface area contributed by atoms with E-state index in [9.17, 15) is 14.0 Å². The molecule has 0 atom stereocenters. The highest BCUT2D eigenvalue weighted by atomic mass is 32.2. The van der Waals surface area contributed by atoms with Crippen LogP contribution >= 0.6 is 23.1 Å². The van der Waals surface area contributed by atoms with E-state index in [0.29, 0.717) is 33.9 Å². The molecule has 8 heteroatoms. The number of carbonyl (C=O) groups excluding carboxylic acids is 1. The lowest BCUT2D eigenvalue weighted by molar-refractivity contribution is -0.127. The first-order chi connectivity index (χ1) is 14.9. The van der Waals surface area contributed by atoms with E-state index in [2.05, 4.69) is 4.98 Å². The number of hydrogen-bond acceptors (Lipinski definition) is 5. The lowest BCUT2D eigenvalue weighted by Gasteiger charge is -2.17. The summed E-state index contributed by atoms with van der Waals surface area (Å²) in [5, 5.41) is 4.77. The average Bonchev–Trinajstić information content (AvgIpc) is 3.27. The number of rotatable bonds is 6. The smallest absolute Gasteiger partial charge is 0.266 e. The molecule has 0 unspecified atom stereocenters. The molecular formula is C23H20FN3O2S2. The number of nitrogens with zero attached hydrogens (tertiary/aromatic N) is 3. The molecule has 4 rings (SSSR count). The number of carbonyl (C=O) groups is 1. The van der Waals surface area contributed by atoms with Crippen LogP contribution in [0.4, 0.5) is 4.39 Å². The highest BCUT2D eigenvalue weighted by molar-refractivity contribution is 7.99. The molecule has 2 heterocycles. The zero-order chi connectivity index (χ0) is 22.0. The van der Waals surface area contributed by atoms with Gasteiger partial charge in [-0.15, -0.1) is 0 Å². The van der Waals surface area contributed by atoms with E-state index < -0.39 is 5.82 Å². The van der Waals surface area contributed by atoms with E-state index in [1.807, 2.05) is 16.8 Å². The van der Waals surface area contributed by atoms with Crippen molar-refractivity contribution >= 4 is 39.9 Å². The van der Waals surface area contributed by atoms with Gasteiger partial charge in [0.1, 0.15) is 5.82 Å². The first kappa shape index (κ1) is 21.3. The third kappa shape index (κ3) is 4.55. The molecule has 0 bridgehead atoms. The molecule has 0 aliphatic carbocycles. The maximum atomic E-state index is 14.2. The zero-order valence-electron chi connectivity index (χ0n) is 17.0. The Kier molecular flexibility index (Phi) is 6.20. The molecule has 2 aromatic heterocycles. The van der Waals surface area contributed by atoms with Gasteiger partial charge in [-0.05, 0) is 59.1 Å². The second kappa shape index (κ2) is 9.03. The third-order valence-electron chi connectivity index (χ3n) is 4.91. The molecule has 5 nitrogen and oxygen atoms in total. The lowest BCUT2D eigenvalue weighted by Crippen LogP contribution is -2.28. The summed E-state index contributed by atoms with van der Waals surface area (Å²) in [5.41, 5.74) is 2.19. The van der Waals surface area contributed by atoms with E-state index in [1.165, 1.54) is 22.4 Å². The Balaban J connectivity index is 1.68. The van der Waals surface area contributed by atoms with Gasteiger partial charge in [-0.1, -0.05) is 30.0 Å². The minimum Gasteiger partial charge on any atom is -0.341 e. The first-order valence-corrected chi connectivity index (χ1v) is 11.5. The second-order valence-electron chi connectivity index (χ2n) is 7.16. The molecular weight excluding hydrogens is 433 g/mol. The lowest BCUT2D eigenvalue weighted by atomic mass is 10.2. The Morgan fingerprint density at radius 1 is 1.23 bits per heavy atom. The summed E-state index contributed by atoms with van der Waals surface area (Å²) >= 11 is 2.76. The minimum absolute atomic E-state index is 0.0831. The minimum atomic E-state index is -0.403. The molecule has 4 aromatic rings. The van der Waals surface area contributed by atoms with Crippen molar-refractivity contribution in [1.82, 2.24) is 14.5 Å². The summed E-state index contributed by atoms with van der Waals surface area (Å²) < 4.78 is 15.6. The molecule has 0 aliphatic rings. The number of thiophene rings is 1. The summed E-state index contributed by atoms with van der Waals surface area (Å²) in [6, 6.07) is 13.6. The van der Waals surface area contributed by atoms with Crippen molar-refractivity contribution in [3.05, 3.63) is 86.6 Å². The molecule has 31 heavy (non-hydrogen) atoms. The van der Waals surface area contributed by atoms with Crippen molar-refractivity contribution in [2.45, 2.75) is 18.6 Å². The van der Waals surface area contributed by atoms with Gasteiger partial charge in [-0.3, -0.25) is 14.2 Å². The summed E-state index contributed by atoms with van der Waals surface area (Å²) in [7, 11) is 1.75. The Morgan fingerprint density at radius 3 is 2.77 bits per heavy atom.